The molecule has 39 heavy (non-hydrogen) atoms. The van der Waals surface area contributed by atoms with Crippen LogP contribution in [0.25, 0.3) is 33.4 Å². The van der Waals surface area contributed by atoms with Gasteiger partial charge in [0.05, 0.1) is 5.41 Å². The van der Waals surface area contributed by atoms with E-state index >= 15 is 0 Å². The number of hydrogen-bond acceptors (Lipinski definition) is 1. The summed E-state index contributed by atoms with van der Waals surface area (Å²) in [5.74, 6) is 0. The van der Waals surface area contributed by atoms with Gasteiger partial charge in [0, 0.05) is 9.79 Å². The van der Waals surface area contributed by atoms with Gasteiger partial charge in [0.15, 0.2) is 0 Å². The van der Waals surface area contributed by atoms with Crippen molar-refractivity contribution < 1.29 is 0 Å². The Bertz CT molecular complexity index is 1850. The lowest BCUT2D eigenvalue weighted by atomic mass is 9.66. The van der Waals surface area contributed by atoms with Gasteiger partial charge in [-0.15, -0.1) is 0 Å². The number of hydrogen-bond donors (Lipinski definition) is 0. The minimum absolute atomic E-state index is 0.343. The smallest absolute Gasteiger partial charge is 0.0735 e. The molecular weight excluding hydrogens is 488 g/mol. The molecule has 0 saturated carbocycles. The van der Waals surface area contributed by atoms with Crippen molar-refractivity contribution in [2.45, 2.75) is 22.1 Å². The molecule has 0 amide bonds. The molecule has 6 aromatic rings. The highest BCUT2D eigenvalue weighted by Crippen LogP contribution is 2.63. The molecule has 8 rings (SSSR count). The van der Waals surface area contributed by atoms with Crippen molar-refractivity contribution in [3.05, 3.63) is 167 Å². The lowest BCUT2D eigenvalue weighted by Gasteiger charge is -2.40. The van der Waals surface area contributed by atoms with E-state index in [1.807, 2.05) is 11.8 Å². The van der Waals surface area contributed by atoms with Gasteiger partial charge in [0.1, 0.15) is 0 Å². The highest BCUT2D eigenvalue weighted by atomic mass is 32.2. The zero-order valence-electron chi connectivity index (χ0n) is 21.7. The molecule has 0 nitrogen and oxygen atoms in total. The summed E-state index contributed by atoms with van der Waals surface area (Å²) in [5, 5.41) is 0. The molecule has 1 aliphatic carbocycles. The lowest BCUT2D eigenvalue weighted by Crippen LogP contribution is -2.32. The maximum Gasteiger partial charge on any atom is 0.0735 e. The topological polar surface area (TPSA) is 0 Å². The first-order chi connectivity index (χ1) is 19.3. The average Bonchev–Trinajstić information content (AvgIpc) is 3.29. The molecule has 0 aromatic heterocycles. The van der Waals surface area contributed by atoms with Crippen molar-refractivity contribution in [3.8, 4) is 33.4 Å². The van der Waals surface area contributed by atoms with Crippen molar-refractivity contribution in [2.75, 3.05) is 0 Å². The molecule has 0 fully saturated rings. The molecule has 0 atom stereocenters. The molecule has 2 aliphatic rings. The van der Waals surface area contributed by atoms with Crippen LogP contribution in [0.3, 0.4) is 0 Å². The summed E-state index contributed by atoms with van der Waals surface area (Å²) in [6.45, 7) is 2.26. The minimum Gasteiger partial charge on any atom is -0.0887 e. The first-order valence-corrected chi connectivity index (χ1v) is 14.3. The fourth-order valence-electron chi connectivity index (χ4n) is 6.86. The van der Waals surface area contributed by atoms with E-state index < -0.39 is 0 Å². The Labute approximate surface area is 234 Å². The van der Waals surface area contributed by atoms with Crippen LogP contribution in [-0.2, 0) is 5.41 Å². The van der Waals surface area contributed by atoms with E-state index in [1.54, 1.807) is 0 Å². The molecule has 0 unspecified atom stereocenters. The monoisotopic (exact) mass is 514 g/mol. The van der Waals surface area contributed by atoms with Crippen molar-refractivity contribution in [2.24, 2.45) is 0 Å². The Morgan fingerprint density at radius 3 is 1.79 bits per heavy atom. The van der Waals surface area contributed by atoms with Crippen LogP contribution in [0.4, 0.5) is 0 Å². The normalized spacial score (nSPS) is 13.9. The van der Waals surface area contributed by atoms with Gasteiger partial charge < -0.3 is 0 Å². The van der Waals surface area contributed by atoms with Crippen LogP contribution in [0.2, 0.25) is 0 Å². The molecule has 1 heterocycles. The van der Waals surface area contributed by atoms with Crippen molar-refractivity contribution >= 4 is 11.8 Å². The highest BCUT2D eigenvalue weighted by Gasteiger charge is 2.50. The van der Waals surface area contributed by atoms with Gasteiger partial charge in [0.25, 0.3) is 0 Å². The van der Waals surface area contributed by atoms with Crippen molar-refractivity contribution in [1.29, 1.82) is 0 Å². The molecule has 1 spiro atoms. The Morgan fingerprint density at radius 1 is 0.462 bits per heavy atom. The Kier molecular flexibility index (Phi) is 4.99. The zero-order chi connectivity index (χ0) is 26.0. The maximum absolute atomic E-state index is 2.40. The van der Waals surface area contributed by atoms with Gasteiger partial charge in [0.2, 0.25) is 0 Å². The van der Waals surface area contributed by atoms with Crippen molar-refractivity contribution in [3.63, 3.8) is 0 Å². The molecule has 6 aromatic carbocycles. The molecule has 1 aliphatic heterocycles. The van der Waals surface area contributed by atoms with Gasteiger partial charge in [-0.25, -0.2) is 0 Å². The third kappa shape index (κ3) is 3.14. The fraction of sp³-hybridized carbons (Fsp3) is 0.0526. The first-order valence-electron chi connectivity index (χ1n) is 13.5. The average molecular weight is 515 g/mol. The Hall–Kier alpha value is -4.33. The van der Waals surface area contributed by atoms with Crippen LogP contribution >= 0.6 is 11.8 Å². The summed E-state index contributed by atoms with van der Waals surface area (Å²) in [4.78, 5) is 2.70. The second kappa shape index (κ2) is 8.59. The molecule has 1 heteroatoms. The first kappa shape index (κ1) is 22.6. The summed E-state index contributed by atoms with van der Waals surface area (Å²) in [7, 11) is 0. The quantitative estimate of drug-likeness (QED) is 0.221. The van der Waals surface area contributed by atoms with E-state index in [4.69, 9.17) is 0 Å². The summed E-state index contributed by atoms with van der Waals surface area (Å²) in [5.41, 5.74) is 14.3. The van der Waals surface area contributed by atoms with Gasteiger partial charge in [-0.1, -0.05) is 139 Å². The maximum atomic E-state index is 2.40. The van der Waals surface area contributed by atoms with Crippen LogP contribution < -0.4 is 0 Å². The Morgan fingerprint density at radius 2 is 1.05 bits per heavy atom. The highest BCUT2D eigenvalue weighted by molar-refractivity contribution is 7.99. The summed E-state index contributed by atoms with van der Waals surface area (Å²) in [6.07, 6.45) is 0. The van der Waals surface area contributed by atoms with E-state index in [0.717, 1.165) is 0 Å². The summed E-state index contributed by atoms with van der Waals surface area (Å²) in [6, 6.07) is 51.6. The lowest BCUT2D eigenvalue weighted by molar-refractivity contribution is 0.722. The minimum atomic E-state index is -0.343. The molecule has 0 bridgehead atoms. The Balaban J connectivity index is 1.46. The van der Waals surface area contributed by atoms with E-state index in [1.165, 1.54) is 71.0 Å². The largest absolute Gasteiger partial charge is 0.0887 e. The zero-order valence-corrected chi connectivity index (χ0v) is 22.5. The molecular formula is C38H26S. The third-order valence-corrected chi connectivity index (χ3v) is 9.69. The number of aryl methyl sites for hydroxylation is 1. The summed E-state index contributed by atoms with van der Waals surface area (Å²) < 4.78 is 0. The number of rotatable bonds is 2. The summed E-state index contributed by atoms with van der Waals surface area (Å²) >= 11 is 1.93. The molecule has 0 radical (unpaired) electrons. The van der Waals surface area contributed by atoms with E-state index in [-0.39, 0.29) is 5.41 Å². The van der Waals surface area contributed by atoms with Crippen LogP contribution in [0.1, 0.15) is 27.8 Å². The van der Waals surface area contributed by atoms with Gasteiger partial charge >= 0.3 is 0 Å². The standard InChI is InChI=1S/C38H26S/c1-25-22-23-34-37(36(25)28-15-11-14-27(24-28)26-12-3-2-4-13-26)39-35-21-10-9-20-33(35)38(34)31-18-7-5-16-29(31)30-17-6-8-19-32(30)38/h2-24H,1H3. The third-order valence-electron chi connectivity index (χ3n) is 8.48. The van der Waals surface area contributed by atoms with E-state index in [0.29, 0.717) is 0 Å². The van der Waals surface area contributed by atoms with Crippen LogP contribution in [0.15, 0.2) is 149 Å². The van der Waals surface area contributed by atoms with Crippen molar-refractivity contribution in [1.82, 2.24) is 0 Å². The number of benzene rings is 6. The predicted octanol–water partition coefficient (Wildman–Crippen LogP) is 10.2. The molecule has 184 valence electrons. The second-order valence-electron chi connectivity index (χ2n) is 10.5. The van der Waals surface area contributed by atoms with Crippen LogP contribution in [-0.4, -0.2) is 0 Å². The second-order valence-corrected chi connectivity index (χ2v) is 11.6. The van der Waals surface area contributed by atoms with E-state index in [2.05, 4.69) is 146 Å². The van der Waals surface area contributed by atoms with E-state index in [9.17, 15) is 0 Å². The van der Waals surface area contributed by atoms with Gasteiger partial charge in [-0.05, 0) is 80.3 Å². The molecule has 0 N–H and O–H groups in total. The van der Waals surface area contributed by atoms with Crippen LogP contribution in [0, 0.1) is 6.92 Å². The van der Waals surface area contributed by atoms with Gasteiger partial charge in [-0.2, -0.15) is 0 Å². The van der Waals surface area contributed by atoms with Gasteiger partial charge in [-0.3, -0.25) is 0 Å². The fourth-order valence-corrected chi connectivity index (χ4v) is 8.27. The number of fused-ring (bicyclic) bond motifs is 9. The SMILES string of the molecule is Cc1ccc2c(c1-c1cccc(-c3ccccc3)c1)Sc1ccccc1C21c2ccccc2-c2ccccc21. The van der Waals surface area contributed by atoms with Crippen LogP contribution in [0.5, 0.6) is 0 Å². The molecule has 0 saturated heterocycles. The predicted molar refractivity (Wildman–Crippen MR) is 163 cm³/mol.